The first-order valence-corrected chi connectivity index (χ1v) is 6.01. The van der Waals surface area contributed by atoms with E-state index >= 15 is 0 Å². The van der Waals surface area contributed by atoms with Crippen molar-refractivity contribution in [3.05, 3.63) is 23.9 Å². The molecule has 4 heteroatoms. The molecule has 1 rings (SSSR count). The lowest BCUT2D eigenvalue weighted by Crippen LogP contribution is -2.34. The fourth-order valence-electron chi connectivity index (χ4n) is 1.72. The van der Waals surface area contributed by atoms with E-state index in [9.17, 15) is 0 Å². The number of rotatable bonds is 7. The summed E-state index contributed by atoms with van der Waals surface area (Å²) in [7, 11) is 1.61. The first-order chi connectivity index (χ1) is 8.17. The van der Waals surface area contributed by atoms with Crippen LogP contribution in [0.15, 0.2) is 18.2 Å². The molecule has 0 saturated carbocycles. The predicted octanol–water partition coefficient (Wildman–Crippen LogP) is 1.59. The van der Waals surface area contributed by atoms with Gasteiger partial charge in [0.05, 0.1) is 12.8 Å². The minimum Gasteiger partial charge on any atom is -0.481 e. The van der Waals surface area contributed by atoms with Crippen molar-refractivity contribution in [3.63, 3.8) is 0 Å². The molecule has 4 nitrogen and oxygen atoms in total. The third-order valence-electron chi connectivity index (χ3n) is 2.78. The normalized spacial score (nSPS) is 12.8. The fraction of sp³-hybridized carbons (Fsp3) is 0.615. The average molecular weight is 238 g/mol. The van der Waals surface area contributed by atoms with Gasteiger partial charge in [-0.05, 0) is 18.4 Å². The van der Waals surface area contributed by atoms with Crippen LogP contribution in [0, 0.1) is 5.92 Å². The van der Waals surface area contributed by atoms with Crippen LogP contribution in [0.25, 0.3) is 0 Å². The number of hydrogen-bond acceptors (Lipinski definition) is 4. The van der Waals surface area contributed by atoms with Gasteiger partial charge in [0.2, 0.25) is 5.88 Å². The molecule has 0 saturated heterocycles. The first-order valence-electron chi connectivity index (χ1n) is 6.01. The second-order valence-electron chi connectivity index (χ2n) is 4.41. The monoisotopic (exact) mass is 238 g/mol. The van der Waals surface area contributed by atoms with E-state index in [1.165, 1.54) is 0 Å². The number of methoxy groups -OCH3 is 1. The van der Waals surface area contributed by atoms with E-state index < -0.39 is 0 Å². The molecule has 1 atom stereocenters. The van der Waals surface area contributed by atoms with Gasteiger partial charge in [-0.1, -0.05) is 19.9 Å². The van der Waals surface area contributed by atoms with Gasteiger partial charge in [-0.15, -0.1) is 0 Å². The predicted molar refractivity (Wildman–Crippen MR) is 68.0 cm³/mol. The highest BCUT2D eigenvalue weighted by molar-refractivity contribution is 5.15. The highest BCUT2D eigenvalue weighted by Crippen LogP contribution is 2.09. The molecule has 1 aromatic heterocycles. The summed E-state index contributed by atoms with van der Waals surface area (Å²) in [5.74, 6) is 1.13. The lowest BCUT2D eigenvalue weighted by Gasteiger charge is -2.21. The van der Waals surface area contributed by atoms with Crippen LogP contribution in [0.2, 0.25) is 0 Å². The number of hydrogen-bond donors (Lipinski definition) is 2. The molecule has 1 heterocycles. The van der Waals surface area contributed by atoms with Crippen LogP contribution in [-0.2, 0) is 6.54 Å². The number of nitrogens with zero attached hydrogens (tertiary/aromatic N) is 1. The van der Waals surface area contributed by atoms with Gasteiger partial charge in [0, 0.05) is 25.3 Å². The minimum absolute atomic E-state index is 0.210. The van der Waals surface area contributed by atoms with Gasteiger partial charge in [0.25, 0.3) is 0 Å². The number of aliphatic hydroxyl groups excluding tert-OH is 1. The maximum Gasteiger partial charge on any atom is 0.213 e. The summed E-state index contributed by atoms with van der Waals surface area (Å²) < 4.78 is 5.08. The molecule has 96 valence electrons. The minimum atomic E-state index is 0.210. The van der Waals surface area contributed by atoms with Crippen molar-refractivity contribution in [2.24, 2.45) is 5.92 Å². The Kier molecular flexibility index (Phi) is 5.94. The number of nitrogens with one attached hydrogen (secondary N) is 1. The van der Waals surface area contributed by atoms with E-state index in [-0.39, 0.29) is 6.61 Å². The van der Waals surface area contributed by atoms with Crippen molar-refractivity contribution in [2.45, 2.75) is 32.9 Å². The number of pyridine rings is 1. The Balaban J connectivity index is 2.52. The second-order valence-corrected chi connectivity index (χ2v) is 4.41. The quantitative estimate of drug-likeness (QED) is 0.757. The van der Waals surface area contributed by atoms with Crippen molar-refractivity contribution in [1.29, 1.82) is 0 Å². The fourth-order valence-corrected chi connectivity index (χ4v) is 1.72. The molecule has 0 aromatic carbocycles. The lowest BCUT2D eigenvalue weighted by atomic mass is 10.0. The van der Waals surface area contributed by atoms with E-state index in [4.69, 9.17) is 9.84 Å². The molecule has 0 aliphatic rings. The summed E-state index contributed by atoms with van der Waals surface area (Å²) in [6.45, 7) is 5.19. The number of aliphatic hydroxyl groups is 1. The molecule has 0 fully saturated rings. The number of aromatic nitrogens is 1. The largest absolute Gasteiger partial charge is 0.481 e. The third-order valence-corrected chi connectivity index (χ3v) is 2.78. The summed E-state index contributed by atoms with van der Waals surface area (Å²) in [6, 6.07) is 6.04. The average Bonchev–Trinajstić information content (AvgIpc) is 2.34. The van der Waals surface area contributed by atoms with E-state index in [1.807, 2.05) is 18.2 Å². The zero-order valence-electron chi connectivity index (χ0n) is 10.8. The molecule has 0 spiro atoms. The Labute approximate surface area is 103 Å². The van der Waals surface area contributed by atoms with Crippen molar-refractivity contribution < 1.29 is 9.84 Å². The van der Waals surface area contributed by atoms with Gasteiger partial charge >= 0.3 is 0 Å². The Morgan fingerprint density at radius 1 is 1.41 bits per heavy atom. The van der Waals surface area contributed by atoms with E-state index in [1.54, 1.807) is 7.11 Å². The van der Waals surface area contributed by atoms with Crippen LogP contribution in [0.3, 0.4) is 0 Å². The Hall–Kier alpha value is -1.13. The summed E-state index contributed by atoms with van der Waals surface area (Å²) >= 11 is 0. The molecule has 0 bridgehead atoms. The van der Waals surface area contributed by atoms with E-state index in [0.29, 0.717) is 24.4 Å². The molecule has 1 unspecified atom stereocenters. The second kappa shape index (κ2) is 7.25. The zero-order chi connectivity index (χ0) is 12.7. The molecule has 0 amide bonds. The molecule has 0 aliphatic carbocycles. The summed E-state index contributed by atoms with van der Waals surface area (Å²) in [5.41, 5.74) is 0.952. The SMILES string of the molecule is COc1cccc(CNC(CCO)C(C)C)n1. The van der Waals surface area contributed by atoms with Gasteiger partial charge in [0.1, 0.15) is 0 Å². The van der Waals surface area contributed by atoms with Crippen molar-refractivity contribution in [2.75, 3.05) is 13.7 Å². The lowest BCUT2D eigenvalue weighted by molar-refractivity contribution is 0.243. The van der Waals surface area contributed by atoms with Crippen LogP contribution in [0.4, 0.5) is 0 Å². The topological polar surface area (TPSA) is 54.4 Å². The molecule has 2 N–H and O–H groups in total. The summed E-state index contributed by atoms with van der Waals surface area (Å²) in [5, 5.41) is 12.4. The van der Waals surface area contributed by atoms with Gasteiger partial charge in [-0.25, -0.2) is 4.98 Å². The Morgan fingerprint density at radius 2 is 2.18 bits per heavy atom. The van der Waals surface area contributed by atoms with Gasteiger partial charge < -0.3 is 15.2 Å². The molecule has 0 aliphatic heterocycles. The maximum absolute atomic E-state index is 8.99. The van der Waals surface area contributed by atoms with Gasteiger partial charge in [-0.2, -0.15) is 0 Å². The molecule has 17 heavy (non-hydrogen) atoms. The highest BCUT2D eigenvalue weighted by Gasteiger charge is 2.12. The Morgan fingerprint density at radius 3 is 2.76 bits per heavy atom. The number of ether oxygens (including phenoxy) is 1. The first kappa shape index (κ1) is 13.9. The van der Waals surface area contributed by atoms with Crippen LogP contribution in [0.1, 0.15) is 26.0 Å². The van der Waals surface area contributed by atoms with Gasteiger partial charge in [-0.3, -0.25) is 0 Å². The molecule has 0 radical (unpaired) electrons. The van der Waals surface area contributed by atoms with Crippen LogP contribution in [-0.4, -0.2) is 29.8 Å². The smallest absolute Gasteiger partial charge is 0.213 e. The Bertz CT molecular complexity index is 329. The van der Waals surface area contributed by atoms with Crippen molar-refractivity contribution >= 4 is 0 Å². The van der Waals surface area contributed by atoms with Crippen LogP contribution >= 0.6 is 0 Å². The highest BCUT2D eigenvalue weighted by atomic mass is 16.5. The van der Waals surface area contributed by atoms with E-state index in [0.717, 1.165) is 12.1 Å². The third kappa shape index (κ3) is 4.71. The van der Waals surface area contributed by atoms with Crippen molar-refractivity contribution in [1.82, 2.24) is 10.3 Å². The van der Waals surface area contributed by atoms with Gasteiger partial charge in [0.15, 0.2) is 0 Å². The summed E-state index contributed by atoms with van der Waals surface area (Å²) in [6.07, 6.45) is 0.766. The van der Waals surface area contributed by atoms with E-state index in [2.05, 4.69) is 24.1 Å². The van der Waals surface area contributed by atoms with Crippen LogP contribution in [0.5, 0.6) is 5.88 Å². The molecular weight excluding hydrogens is 216 g/mol. The zero-order valence-corrected chi connectivity index (χ0v) is 10.8. The molecule has 1 aromatic rings. The van der Waals surface area contributed by atoms with Crippen molar-refractivity contribution in [3.8, 4) is 5.88 Å². The van der Waals surface area contributed by atoms with Crippen LogP contribution < -0.4 is 10.1 Å². The summed E-state index contributed by atoms with van der Waals surface area (Å²) in [4.78, 5) is 4.34. The standard InChI is InChI=1S/C13H22N2O2/c1-10(2)12(7-8-16)14-9-11-5-4-6-13(15-11)17-3/h4-6,10,12,14,16H,7-9H2,1-3H3. The molecular formula is C13H22N2O2. The maximum atomic E-state index is 8.99.